The number of phenolic OH excluding ortho intramolecular Hbond substituents is 1. The van der Waals surface area contributed by atoms with Crippen LogP contribution in [0.3, 0.4) is 0 Å². The van der Waals surface area contributed by atoms with Crippen LogP contribution in [0.25, 0.3) is 22.7 Å². The summed E-state index contributed by atoms with van der Waals surface area (Å²) in [6, 6.07) is 9.41. The Bertz CT molecular complexity index is 1110. The maximum atomic E-state index is 12.7. The number of hydrogen-bond acceptors (Lipinski definition) is 8. The second-order valence-electron chi connectivity index (χ2n) is 8.29. The van der Waals surface area contributed by atoms with Gasteiger partial charge in [-0.15, -0.1) is 20.4 Å². The van der Waals surface area contributed by atoms with Crippen molar-refractivity contribution in [3.05, 3.63) is 36.2 Å². The Morgan fingerprint density at radius 1 is 1.03 bits per heavy atom. The number of aromatic hydroxyl groups is 1. The predicted octanol–water partition coefficient (Wildman–Crippen LogP) is 3.64. The molecule has 3 atom stereocenters. The number of aromatic nitrogens is 4. The summed E-state index contributed by atoms with van der Waals surface area (Å²) in [6.45, 7) is 0. The van der Waals surface area contributed by atoms with Gasteiger partial charge in [-0.3, -0.25) is 0 Å². The first-order valence-electron chi connectivity index (χ1n) is 10.3. The molecule has 1 aromatic carbocycles. The Balaban J connectivity index is 1.33. The number of anilines is 1. The van der Waals surface area contributed by atoms with Crippen LogP contribution >= 0.6 is 0 Å². The lowest BCUT2D eigenvalue weighted by atomic mass is 9.98. The summed E-state index contributed by atoms with van der Waals surface area (Å²) >= 11 is 0. The number of phenols is 1. The smallest absolute Gasteiger partial charge is 0.470 e. The number of benzene rings is 1. The summed E-state index contributed by atoms with van der Waals surface area (Å²) in [5.41, 5.74) is 1.00. The van der Waals surface area contributed by atoms with Crippen LogP contribution in [0.5, 0.6) is 5.75 Å². The monoisotopic (exact) mass is 446 g/mol. The molecular weight excluding hydrogens is 425 g/mol. The molecule has 168 valence electrons. The fourth-order valence-corrected chi connectivity index (χ4v) is 4.52. The molecule has 2 aliphatic rings. The zero-order valence-corrected chi connectivity index (χ0v) is 17.2. The van der Waals surface area contributed by atoms with Crippen molar-refractivity contribution in [2.75, 3.05) is 11.9 Å². The maximum absolute atomic E-state index is 12.7. The molecule has 0 aliphatic carbocycles. The molecule has 5 rings (SSSR count). The molecule has 2 aromatic heterocycles. The fraction of sp³-hybridized carbons (Fsp3) is 0.429. The number of fused-ring (bicyclic) bond motifs is 2. The molecule has 8 nitrogen and oxygen atoms in total. The van der Waals surface area contributed by atoms with Crippen molar-refractivity contribution < 1.29 is 22.7 Å². The summed E-state index contributed by atoms with van der Waals surface area (Å²) in [4.78, 5) is 2.15. The van der Waals surface area contributed by atoms with Crippen molar-refractivity contribution in [3.63, 3.8) is 0 Å². The lowest BCUT2D eigenvalue weighted by molar-refractivity contribution is -0.156. The van der Waals surface area contributed by atoms with Gasteiger partial charge in [0.15, 0.2) is 5.82 Å². The topological polar surface area (TPSA) is 100 Å². The summed E-state index contributed by atoms with van der Waals surface area (Å²) in [5.74, 6) is -1.21. The number of rotatable bonds is 4. The van der Waals surface area contributed by atoms with E-state index in [1.165, 1.54) is 31.0 Å². The van der Waals surface area contributed by atoms with Gasteiger partial charge in [0.1, 0.15) is 5.75 Å². The average Bonchev–Trinajstić information content (AvgIpc) is 3.40. The van der Waals surface area contributed by atoms with Crippen molar-refractivity contribution in [2.24, 2.45) is 0 Å². The number of halogens is 3. The van der Waals surface area contributed by atoms with E-state index in [-0.39, 0.29) is 17.2 Å². The van der Waals surface area contributed by atoms with Crippen molar-refractivity contribution in [3.8, 4) is 28.5 Å². The molecule has 3 aromatic rings. The van der Waals surface area contributed by atoms with Gasteiger partial charge in [-0.1, -0.05) is 0 Å². The Morgan fingerprint density at radius 3 is 2.38 bits per heavy atom. The fourth-order valence-electron chi connectivity index (χ4n) is 4.52. The van der Waals surface area contributed by atoms with Crippen LogP contribution in [-0.2, 0) is 6.18 Å². The lowest BCUT2D eigenvalue weighted by Crippen LogP contribution is -2.47. The van der Waals surface area contributed by atoms with E-state index in [4.69, 9.17) is 0 Å². The van der Waals surface area contributed by atoms with Gasteiger partial charge in [-0.2, -0.15) is 13.2 Å². The first kappa shape index (κ1) is 20.7. The van der Waals surface area contributed by atoms with Crippen LogP contribution < -0.4 is 10.2 Å². The van der Waals surface area contributed by atoms with Gasteiger partial charge in [0.05, 0.1) is 5.69 Å². The highest BCUT2D eigenvalue weighted by molar-refractivity contribution is 5.71. The van der Waals surface area contributed by atoms with Crippen LogP contribution in [0.4, 0.5) is 19.0 Å². The minimum absolute atomic E-state index is 0.166. The van der Waals surface area contributed by atoms with E-state index >= 15 is 0 Å². The van der Waals surface area contributed by atoms with Crippen molar-refractivity contribution in [1.29, 1.82) is 0 Å². The van der Waals surface area contributed by atoms with Crippen LogP contribution in [-0.4, -0.2) is 50.7 Å². The molecular formula is C21H21F3N6O2. The molecule has 2 fully saturated rings. The summed E-state index contributed by atoms with van der Waals surface area (Å²) < 4.78 is 42.6. The van der Waals surface area contributed by atoms with E-state index in [0.717, 1.165) is 18.7 Å². The number of nitrogens with one attached hydrogen (secondary N) is 1. The minimum Gasteiger partial charge on any atom is -0.507 e. The second kappa shape index (κ2) is 7.73. The molecule has 2 aliphatic heterocycles. The zero-order chi connectivity index (χ0) is 22.5. The van der Waals surface area contributed by atoms with Crippen LogP contribution in [0.1, 0.15) is 31.6 Å². The predicted molar refractivity (Wildman–Crippen MR) is 109 cm³/mol. The van der Waals surface area contributed by atoms with Gasteiger partial charge in [0.25, 0.3) is 0 Å². The van der Waals surface area contributed by atoms with Crippen LogP contribution in [0, 0.1) is 0 Å². The number of nitrogens with zero attached hydrogens (tertiary/aromatic N) is 5. The van der Waals surface area contributed by atoms with Crippen molar-refractivity contribution >= 4 is 5.82 Å². The van der Waals surface area contributed by atoms with Crippen LogP contribution in [0.2, 0.25) is 0 Å². The van der Waals surface area contributed by atoms with Crippen molar-refractivity contribution in [1.82, 2.24) is 25.7 Å². The zero-order valence-electron chi connectivity index (χ0n) is 17.2. The Kier molecular flexibility index (Phi) is 5.00. The molecule has 0 unspecified atom stereocenters. The SMILES string of the molecule is CN(c1ccc(-c2ccc(-c3nnc(C(F)(F)F)o3)cc2O)nn1)[C@@H]1C[C@H]2CC[C@@H](C1)N2. The first-order chi connectivity index (χ1) is 15.3. The summed E-state index contributed by atoms with van der Waals surface area (Å²) in [5, 5.41) is 29.0. The van der Waals surface area contributed by atoms with Gasteiger partial charge >= 0.3 is 12.1 Å². The van der Waals surface area contributed by atoms with Crippen molar-refractivity contribution in [2.45, 2.75) is 50.0 Å². The molecule has 32 heavy (non-hydrogen) atoms. The van der Waals surface area contributed by atoms with E-state index in [2.05, 4.69) is 35.0 Å². The molecule has 0 spiro atoms. The van der Waals surface area contributed by atoms with Gasteiger partial charge < -0.3 is 19.7 Å². The average molecular weight is 446 g/mol. The van der Waals surface area contributed by atoms with Gasteiger partial charge in [-0.25, -0.2) is 0 Å². The molecule has 0 radical (unpaired) electrons. The molecule has 11 heteroatoms. The van der Waals surface area contributed by atoms with Gasteiger partial charge in [0, 0.05) is 36.3 Å². The van der Waals surface area contributed by atoms with E-state index in [0.29, 0.717) is 29.4 Å². The van der Waals surface area contributed by atoms with Crippen LogP contribution in [0.15, 0.2) is 34.7 Å². The standard InChI is InChI=1S/C21H21F3N6O2/c1-30(14-9-12-3-4-13(10-14)25-12)18-7-6-16(26-27-18)15-5-2-11(8-17(15)31)19-28-29-20(32-19)21(22,23)24/h2,5-8,12-14,25,31H,3-4,9-10H2,1H3/t12-,13+,14-. The Morgan fingerprint density at radius 2 is 1.78 bits per heavy atom. The molecule has 0 amide bonds. The van der Waals surface area contributed by atoms with Gasteiger partial charge in [0.2, 0.25) is 5.89 Å². The highest BCUT2D eigenvalue weighted by Crippen LogP contribution is 2.35. The minimum atomic E-state index is -4.73. The third-order valence-electron chi connectivity index (χ3n) is 6.20. The van der Waals surface area contributed by atoms with E-state index in [9.17, 15) is 18.3 Å². The number of hydrogen-bond donors (Lipinski definition) is 2. The lowest BCUT2D eigenvalue weighted by Gasteiger charge is -2.36. The third-order valence-corrected chi connectivity index (χ3v) is 6.20. The highest BCUT2D eigenvalue weighted by Gasteiger charge is 2.38. The number of alkyl halides is 3. The maximum Gasteiger partial charge on any atom is 0.470 e. The number of piperidine rings is 1. The van der Waals surface area contributed by atoms with Gasteiger partial charge in [-0.05, 0) is 56.0 Å². The Hall–Kier alpha value is -3.21. The summed E-state index contributed by atoms with van der Waals surface area (Å²) in [6.07, 6.45) is -0.147. The molecule has 2 saturated heterocycles. The highest BCUT2D eigenvalue weighted by atomic mass is 19.4. The summed E-state index contributed by atoms with van der Waals surface area (Å²) in [7, 11) is 2.02. The quantitative estimate of drug-likeness (QED) is 0.627. The second-order valence-corrected chi connectivity index (χ2v) is 8.29. The van der Waals surface area contributed by atoms with E-state index in [1.807, 2.05) is 13.1 Å². The first-order valence-corrected chi connectivity index (χ1v) is 10.3. The third kappa shape index (κ3) is 3.88. The molecule has 4 heterocycles. The largest absolute Gasteiger partial charge is 0.507 e. The van der Waals surface area contributed by atoms with E-state index < -0.39 is 12.1 Å². The van der Waals surface area contributed by atoms with E-state index in [1.54, 1.807) is 6.07 Å². The normalized spacial score (nSPS) is 22.8. The molecule has 2 N–H and O–H groups in total. The molecule has 2 bridgehead atoms. The molecule has 0 saturated carbocycles. The Labute approximate surface area is 181 Å².